The molecule has 0 aromatic heterocycles. The van der Waals surface area contributed by atoms with Crippen molar-refractivity contribution in [3.05, 3.63) is 60.7 Å². The quantitative estimate of drug-likeness (QED) is 0.674. The Balaban J connectivity index is 2.02. The van der Waals surface area contributed by atoms with Crippen LogP contribution in [0.4, 0.5) is 0 Å². The molecule has 0 spiro atoms. The Hall–Kier alpha value is -2.39. The second kappa shape index (κ2) is 9.19. The van der Waals surface area contributed by atoms with Crippen LogP contribution in [0.3, 0.4) is 0 Å². The van der Waals surface area contributed by atoms with Crippen LogP contribution in [0.5, 0.6) is 0 Å². The fourth-order valence-corrected chi connectivity index (χ4v) is 5.13. The molecule has 2 rings (SSSR count). The molecule has 2 aromatic rings. The summed E-state index contributed by atoms with van der Waals surface area (Å²) in [7, 11) is -2.83. The molecule has 0 aliphatic heterocycles. The van der Waals surface area contributed by atoms with Crippen molar-refractivity contribution in [1.82, 2.24) is 5.32 Å². The van der Waals surface area contributed by atoms with Gasteiger partial charge in [0.2, 0.25) is 5.91 Å². The lowest BCUT2D eigenvalue weighted by Crippen LogP contribution is -2.29. The van der Waals surface area contributed by atoms with Gasteiger partial charge >= 0.3 is 5.97 Å². The van der Waals surface area contributed by atoms with Crippen molar-refractivity contribution in [2.45, 2.75) is 19.3 Å². The van der Waals surface area contributed by atoms with E-state index in [1.165, 1.54) is 0 Å². The molecule has 0 bridgehead atoms. The Morgan fingerprint density at radius 1 is 0.880 bits per heavy atom. The zero-order valence-electron chi connectivity index (χ0n) is 13.9. The molecule has 2 aromatic carbocycles. The number of hydrogen-bond acceptors (Lipinski definition) is 3. The first-order valence-corrected chi connectivity index (χ1v) is 10.1. The molecule has 0 aliphatic carbocycles. The minimum Gasteiger partial charge on any atom is -0.481 e. The molecular formula is C19H22NO4P. The van der Waals surface area contributed by atoms with Crippen molar-refractivity contribution in [3.63, 3.8) is 0 Å². The average Bonchev–Trinajstić information content (AvgIpc) is 2.62. The predicted octanol–water partition coefficient (Wildman–Crippen LogP) is 2.37. The van der Waals surface area contributed by atoms with Gasteiger partial charge in [-0.2, -0.15) is 0 Å². The Labute approximate surface area is 147 Å². The molecule has 0 aliphatic rings. The molecule has 0 unspecified atom stereocenters. The highest BCUT2D eigenvalue weighted by atomic mass is 31.2. The maximum Gasteiger partial charge on any atom is 0.303 e. The summed E-state index contributed by atoms with van der Waals surface area (Å²) in [5.41, 5.74) is 0. The fraction of sp³-hybridized carbons (Fsp3) is 0.263. The number of amides is 1. The summed E-state index contributed by atoms with van der Waals surface area (Å²) in [6.07, 6.45) is 0.759. The van der Waals surface area contributed by atoms with Crippen LogP contribution in [-0.4, -0.2) is 29.7 Å². The normalized spacial score (nSPS) is 11.0. The van der Waals surface area contributed by atoms with Gasteiger partial charge < -0.3 is 15.0 Å². The zero-order valence-corrected chi connectivity index (χ0v) is 14.8. The Morgan fingerprint density at radius 3 is 1.88 bits per heavy atom. The molecule has 25 heavy (non-hydrogen) atoms. The number of aliphatic carboxylic acids is 1. The predicted molar refractivity (Wildman–Crippen MR) is 99.1 cm³/mol. The number of carboxylic acid groups (broad SMARTS) is 1. The number of carbonyl (C=O) groups is 2. The van der Waals surface area contributed by atoms with E-state index in [0.717, 1.165) is 10.6 Å². The van der Waals surface area contributed by atoms with Gasteiger partial charge in [0.25, 0.3) is 0 Å². The molecular weight excluding hydrogens is 337 g/mol. The monoisotopic (exact) mass is 359 g/mol. The Morgan fingerprint density at radius 2 is 1.40 bits per heavy atom. The van der Waals surface area contributed by atoms with Crippen LogP contribution in [-0.2, 0) is 14.2 Å². The lowest BCUT2D eigenvalue weighted by molar-refractivity contribution is -0.137. The van der Waals surface area contributed by atoms with Crippen LogP contribution in [0.1, 0.15) is 19.3 Å². The number of hydrogen-bond donors (Lipinski definition) is 2. The molecule has 0 heterocycles. The summed E-state index contributed by atoms with van der Waals surface area (Å²) in [5, 5.41) is 12.9. The van der Waals surface area contributed by atoms with Gasteiger partial charge in [0.05, 0.1) is 0 Å². The van der Waals surface area contributed by atoms with E-state index in [9.17, 15) is 14.2 Å². The standard InChI is InChI=1S/C19H22NO4P/c21-18(12-7-13-19(22)23)20-14-15-25(24,16-8-3-1-4-9-16)17-10-5-2-6-11-17/h1-6,8-11H,7,12-15H2,(H,20,21)(H,22,23). The number of carbonyl (C=O) groups excluding carboxylic acids is 1. The fourth-order valence-electron chi connectivity index (χ4n) is 2.59. The van der Waals surface area contributed by atoms with Crippen molar-refractivity contribution >= 4 is 29.6 Å². The lowest BCUT2D eigenvalue weighted by Gasteiger charge is -2.19. The Kier molecular flexibility index (Phi) is 6.96. The van der Waals surface area contributed by atoms with E-state index < -0.39 is 13.1 Å². The SMILES string of the molecule is O=C(O)CCCC(=O)NCCP(=O)(c1ccccc1)c1ccccc1. The highest BCUT2D eigenvalue weighted by molar-refractivity contribution is 7.78. The molecule has 1 amide bonds. The van der Waals surface area contributed by atoms with Crippen molar-refractivity contribution in [2.75, 3.05) is 12.7 Å². The third-order valence-electron chi connectivity index (χ3n) is 3.89. The minimum absolute atomic E-state index is 0.0278. The van der Waals surface area contributed by atoms with Crippen LogP contribution in [0.15, 0.2) is 60.7 Å². The van der Waals surface area contributed by atoms with Crippen LogP contribution in [0.2, 0.25) is 0 Å². The highest BCUT2D eigenvalue weighted by Crippen LogP contribution is 2.42. The maximum atomic E-state index is 13.7. The van der Waals surface area contributed by atoms with Crippen molar-refractivity contribution in [2.24, 2.45) is 0 Å². The van der Waals surface area contributed by atoms with E-state index in [0.29, 0.717) is 12.6 Å². The molecule has 0 fully saturated rings. The first-order valence-electron chi connectivity index (χ1n) is 8.21. The molecule has 0 atom stereocenters. The summed E-state index contributed by atoms with van der Waals surface area (Å²) in [4.78, 5) is 22.3. The second-order valence-electron chi connectivity index (χ2n) is 5.73. The van der Waals surface area contributed by atoms with Crippen LogP contribution >= 0.6 is 7.14 Å². The van der Waals surface area contributed by atoms with Gasteiger partial charge in [-0.15, -0.1) is 0 Å². The molecule has 0 saturated carbocycles. The van der Waals surface area contributed by atoms with Crippen molar-refractivity contribution < 1.29 is 19.3 Å². The second-order valence-corrected chi connectivity index (χ2v) is 8.69. The van der Waals surface area contributed by atoms with Gasteiger partial charge in [0.15, 0.2) is 0 Å². The van der Waals surface area contributed by atoms with Crippen LogP contribution in [0, 0.1) is 0 Å². The summed E-state index contributed by atoms with van der Waals surface area (Å²) < 4.78 is 13.7. The topological polar surface area (TPSA) is 83.5 Å². The van der Waals surface area contributed by atoms with Crippen LogP contribution < -0.4 is 15.9 Å². The average molecular weight is 359 g/mol. The number of rotatable bonds is 9. The summed E-state index contributed by atoms with van der Waals surface area (Å²) in [6.45, 7) is 0.285. The van der Waals surface area contributed by atoms with Gasteiger partial charge in [-0.25, -0.2) is 0 Å². The maximum absolute atomic E-state index is 13.7. The van der Waals surface area contributed by atoms with Crippen LogP contribution in [0.25, 0.3) is 0 Å². The number of carboxylic acids is 1. The smallest absolute Gasteiger partial charge is 0.303 e. The van der Waals surface area contributed by atoms with Gasteiger partial charge in [-0.3, -0.25) is 9.59 Å². The molecule has 2 N–H and O–H groups in total. The van der Waals surface area contributed by atoms with Gasteiger partial charge in [-0.1, -0.05) is 60.7 Å². The molecule has 0 saturated heterocycles. The number of benzene rings is 2. The zero-order chi connectivity index (χ0) is 18.1. The summed E-state index contributed by atoms with van der Waals surface area (Å²) in [5.74, 6) is -1.13. The summed E-state index contributed by atoms with van der Waals surface area (Å²) in [6, 6.07) is 18.6. The first kappa shape index (κ1) is 18.9. The molecule has 0 radical (unpaired) electrons. The molecule has 5 nitrogen and oxygen atoms in total. The largest absolute Gasteiger partial charge is 0.481 e. The lowest BCUT2D eigenvalue weighted by atomic mass is 10.2. The number of nitrogens with one attached hydrogen (secondary N) is 1. The molecule has 132 valence electrons. The first-order chi connectivity index (χ1) is 12.0. The third-order valence-corrected chi connectivity index (χ3v) is 7.01. The Bertz CT molecular complexity index is 703. The highest BCUT2D eigenvalue weighted by Gasteiger charge is 2.26. The third kappa shape index (κ3) is 5.57. The molecule has 6 heteroatoms. The van der Waals surface area contributed by atoms with Gasteiger partial charge in [0, 0.05) is 36.2 Å². The minimum atomic E-state index is -2.83. The van der Waals surface area contributed by atoms with Gasteiger partial charge in [-0.05, 0) is 6.42 Å². The van der Waals surface area contributed by atoms with Gasteiger partial charge in [0.1, 0.15) is 7.14 Å². The van der Waals surface area contributed by atoms with E-state index >= 15 is 0 Å². The van der Waals surface area contributed by atoms with E-state index in [1.54, 1.807) is 0 Å². The summed E-state index contributed by atoms with van der Waals surface area (Å²) >= 11 is 0. The van der Waals surface area contributed by atoms with E-state index in [2.05, 4.69) is 5.32 Å². The van der Waals surface area contributed by atoms with E-state index in [1.807, 2.05) is 60.7 Å². The van der Waals surface area contributed by atoms with Crippen molar-refractivity contribution in [1.29, 1.82) is 0 Å². The van der Waals surface area contributed by atoms with E-state index in [-0.39, 0.29) is 25.3 Å². The van der Waals surface area contributed by atoms with E-state index in [4.69, 9.17) is 5.11 Å². The van der Waals surface area contributed by atoms with Crippen molar-refractivity contribution in [3.8, 4) is 0 Å².